The molecule has 0 saturated carbocycles. The largest absolute Gasteiger partial charge is 0.370 e. The van der Waals surface area contributed by atoms with E-state index in [1.807, 2.05) is 6.07 Å². The van der Waals surface area contributed by atoms with Crippen LogP contribution in [0.4, 0.5) is 17.1 Å². The van der Waals surface area contributed by atoms with Crippen molar-refractivity contribution in [1.29, 1.82) is 0 Å². The molecule has 0 unspecified atom stereocenters. The van der Waals surface area contributed by atoms with Crippen molar-refractivity contribution >= 4 is 34.0 Å². The number of nitrogens with zero attached hydrogens (tertiary/aromatic N) is 7. The number of aryl methyl sites for hydroxylation is 2. The molecule has 1 amide bonds. The minimum atomic E-state index is -0.511. The second kappa shape index (κ2) is 8.81. The summed E-state index contributed by atoms with van der Waals surface area (Å²) in [4.78, 5) is 26.3. The van der Waals surface area contributed by atoms with Crippen LogP contribution in [-0.2, 0) is 6.54 Å². The van der Waals surface area contributed by atoms with Crippen LogP contribution in [0.15, 0.2) is 21.3 Å². The zero-order valence-electron chi connectivity index (χ0n) is 19.6. The van der Waals surface area contributed by atoms with Crippen LogP contribution >= 0.6 is 0 Å². The quantitative estimate of drug-likeness (QED) is 0.319. The van der Waals surface area contributed by atoms with Gasteiger partial charge in [-0.3, -0.25) is 19.6 Å². The van der Waals surface area contributed by atoms with E-state index < -0.39 is 10.8 Å². The highest BCUT2D eigenvalue weighted by Crippen LogP contribution is 2.32. The van der Waals surface area contributed by atoms with Crippen LogP contribution in [0, 0.1) is 30.9 Å². The molecule has 0 atom stereocenters. The van der Waals surface area contributed by atoms with Gasteiger partial charge in [-0.1, -0.05) is 5.16 Å². The van der Waals surface area contributed by atoms with E-state index in [0.717, 1.165) is 31.6 Å². The number of hydrogen-bond donors (Lipinski definition) is 1. The van der Waals surface area contributed by atoms with Gasteiger partial charge in [0.05, 0.1) is 22.8 Å². The Morgan fingerprint density at radius 3 is 2.57 bits per heavy atom. The third-order valence-corrected chi connectivity index (χ3v) is 6.37. The molecule has 0 radical (unpaired) electrons. The third kappa shape index (κ3) is 3.98. The fourth-order valence-corrected chi connectivity index (χ4v) is 4.54. The van der Waals surface area contributed by atoms with Gasteiger partial charge in [0.15, 0.2) is 16.7 Å². The maximum absolute atomic E-state index is 13.2. The summed E-state index contributed by atoms with van der Waals surface area (Å²) in [5.41, 5.74) is 3.52. The number of nitrogens with one attached hydrogen (secondary N) is 1. The van der Waals surface area contributed by atoms with Crippen molar-refractivity contribution in [2.24, 2.45) is 0 Å². The van der Waals surface area contributed by atoms with Crippen molar-refractivity contribution in [2.75, 3.05) is 23.3 Å². The van der Waals surface area contributed by atoms with Crippen LogP contribution in [0.5, 0.6) is 0 Å². The summed E-state index contributed by atoms with van der Waals surface area (Å²) in [6.45, 7) is 6.80. The first-order chi connectivity index (χ1) is 16.8. The molecule has 4 aromatic rings. The van der Waals surface area contributed by atoms with Gasteiger partial charge in [0, 0.05) is 18.7 Å². The van der Waals surface area contributed by atoms with Crippen LogP contribution in [-0.4, -0.2) is 49.2 Å². The maximum Gasteiger partial charge on any atom is 0.312 e. The van der Waals surface area contributed by atoms with E-state index in [1.165, 1.54) is 11.1 Å². The third-order valence-electron chi connectivity index (χ3n) is 6.37. The Morgan fingerprint density at radius 1 is 1.11 bits per heavy atom. The van der Waals surface area contributed by atoms with Gasteiger partial charge in [0.25, 0.3) is 5.91 Å². The Labute approximate surface area is 199 Å². The molecule has 3 aromatic heterocycles. The second-order valence-electron chi connectivity index (χ2n) is 8.60. The zero-order valence-corrected chi connectivity index (χ0v) is 19.6. The lowest BCUT2D eigenvalue weighted by atomic mass is 10.1. The number of piperidine rings is 1. The van der Waals surface area contributed by atoms with E-state index in [2.05, 4.69) is 30.8 Å². The van der Waals surface area contributed by atoms with Crippen molar-refractivity contribution < 1.29 is 18.9 Å². The molecule has 0 aliphatic carbocycles. The number of aromatic nitrogens is 5. The molecular formula is C22H24N8O5. The average Bonchev–Trinajstić information content (AvgIpc) is 3.53. The van der Waals surface area contributed by atoms with E-state index in [0.29, 0.717) is 39.4 Å². The van der Waals surface area contributed by atoms with E-state index >= 15 is 0 Å². The molecule has 1 aliphatic rings. The van der Waals surface area contributed by atoms with Crippen molar-refractivity contribution in [1.82, 2.24) is 25.3 Å². The number of hydrogen-bond acceptors (Lipinski definition) is 10. The van der Waals surface area contributed by atoms with Crippen LogP contribution < -0.4 is 10.2 Å². The van der Waals surface area contributed by atoms with Crippen molar-refractivity contribution in [3.63, 3.8) is 0 Å². The summed E-state index contributed by atoms with van der Waals surface area (Å²) >= 11 is 0. The molecule has 182 valence electrons. The number of benzene rings is 1. The van der Waals surface area contributed by atoms with Gasteiger partial charge in [-0.05, 0) is 62.5 Å². The first-order valence-corrected chi connectivity index (χ1v) is 11.3. The molecule has 1 N–H and O–H groups in total. The molecular weight excluding hydrogens is 456 g/mol. The maximum atomic E-state index is 13.2. The lowest BCUT2D eigenvalue weighted by Gasteiger charge is -2.28. The number of rotatable bonds is 6. The molecule has 1 aromatic carbocycles. The van der Waals surface area contributed by atoms with Gasteiger partial charge in [0.1, 0.15) is 17.1 Å². The first-order valence-electron chi connectivity index (χ1n) is 11.3. The normalized spacial score (nSPS) is 14.0. The fourth-order valence-electron chi connectivity index (χ4n) is 4.54. The van der Waals surface area contributed by atoms with Crippen molar-refractivity contribution in [2.45, 2.75) is 46.6 Å². The SMILES string of the molecule is Cc1nn(Cc2c(C(=O)Nc3ccc(N4CCCCC4)c4nonc34)noc2C)c(C)c1[N+](=O)[O-]. The van der Waals surface area contributed by atoms with Crippen molar-refractivity contribution in [3.8, 4) is 0 Å². The summed E-state index contributed by atoms with van der Waals surface area (Å²) in [5.74, 6) is -0.0954. The molecule has 35 heavy (non-hydrogen) atoms. The molecule has 0 bridgehead atoms. The van der Waals surface area contributed by atoms with Gasteiger partial charge in [-0.2, -0.15) is 5.10 Å². The standard InChI is InChI=1S/C22H24N8O5/c1-12-21(30(32)33)13(2)29(24-12)11-15-14(3)34-25-18(15)22(31)23-16-7-8-17(20-19(16)26-35-27-20)28-9-5-4-6-10-28/h7-8H,4-6,9-11H2,1-3H3,(H,23,31). The van der Waals surface area contributed by atoms with E-state index in [4.69, 9.17) is 9.15 Å². The minimum absolute atomic E-state index is 0.0557. The van der Waals surface area contributed by atoms with Crippen LogP contribution in [0.25, 0.3) is 11.0 Å². The molecule has 0 spiro atoms. The Balaban J connectivity index is 1.43. The summed E-state index contributed by atoms with van der Waals surface area (Å²) in [6, 6.07) is 3.67. The highest BCUT2D eigenvalue weighted by molar-refractivity contribution is 6.09. The lowest BCUT2D eigenvalue weighted by Crippen LogP contribution is -2.29. The molecule has 5 rings (SSSR count). The smallest absolute Gasteiger partial charge is 0.312 e. The highest BCUT2D eigenvalue weighted by Gasteiger charge is 2.27. The summed E-state index contributed by atoms with van der Waals surface area (Å²) in [7, 11) is 0. The number of carbonyl (C=O) groups excluding carboxylic acids is 1. The number of carbonyl (C=O) groups is 1. The van der Waals surface area contributed by atoms with Crippen LogP contribution in [0.1, 0.15) is 52.5 Å². The van der Waals surface area contributed by atoms with Gasteiger partial charge >= 0.3 is 5.69 Å². The van der Waals surface area contributed by atoms with E-state index in [9.17, 15) is 14.9 Å². The second-order valence-corrected chi connectivity index (χ2v) is 8.60. The van der Waals surface area contributed by atoms with Gasteiger partial charge in [0.2, 0.25) is 0 Å². The summed E-state index contributed by atoms with van der Waals surface area (Å²) in [6.07, 6.45) is 3.42. The summed E-state index contributed by atoms with van der Waals surface area (Å²) < 4.78 is 11.8. The van der Waals surface area contributed by atoms with Gasteiger partial charge in [-0.15, -0.1) is 0 Å². The molecule has 1 saturated heterocycles. The highest BCUT2D eigenvalue weighted by atomic mass is 16.6. The zero-order chi connectivity index (χ0) is 24.7. The van der Waals surface area contributed by atoms with Gasteiger partial charge < -0.3 is 14.7 Å². The molecule has 13 heteroatoms. The van der Waals surface area contributed by atoms with Crippen LogP contribution in [0.3, 0.4) is 0 Å². The van der Waals surface area contributed by atoms with E-state index in [-0.39, 0.29) is 17.9 Å². The molecule has 4 heterocycles. The summed E-state index contributed by atoms with van der Waals surface area (Å²) in [5, 5.41) is 30.4. The monoisotopic (exact) mass is 480 g/mol. The van der Waals surface area contributed by atoms with Crippen molar-refractivity contribution in [3.05, 3.63) is 50.7 Å². The predicted octanol–water partition coefficient (Wildman–Crippen LogP) is 3.53. The Morgan fingerprint density at radius 2 is 1.86 bits per heavy atom. The lowest BCUT2D eigenvalue weighted by molar-refractivity contribution is -0.386. The Kier molecular flexibility index (Phi) is 5.67. The molecule has 1 aliphatic heterocycles. The van der Waals surface area contributed by atoms with Gasteiger partial charge in [-0.25, -0.2) is 4.63 Å². The Bertz CT molecular complexity index is 1430. The molecule has 1 fully saturated rings. The Hall–Kier alpha value is -4.29. The number of anilines is 2. The topological polar surface area (TPSA) is 158 Å². The predicted molar refractivity (Wildman–Crippen MR) is 125 cm³/mol. The van der Waals surface area contributed by atoms with E-state index in [1.54, 1.807) is 26.8 Å². The average molecular weight is 480 g/mol. The number of amides is 1. The minimum Gasteiger partial charge on any atom is -0.370 e. The number of fused-ring (bicyclic) bond motifs is 1. The first kappa shape index (κ1) is 22.5. The number of nitro groups is 1. The van der Waals surface area contributed by atoms with Crippen LogP contribution in [0.2, 0.25) is 0 Å². The molecule has 13 nitrogen and oxygen atoms in total. The fraction of sp³-hybridized carbons (Fsp3) is 0.409.